The lowest BCUT2D eigenvalue weighted by Gasteiger charge is -2.44. The van der Waals surface area contributed by atoms with Crippen LogP contribution in [0.4, 0.5) is 0 Å². The van der Waals surface area contributed by atoms with Crippen LogP contribution in [0.1, 0.15) is 44.9 Å². The third-order valence-electron chi connectivity index (χ3n) is 4.36. The molecule has 2 rings (SSSR count). The Labute approximate surface area is 98.1 Å². The predicted molar refractivity (Wildman–Crippen MR) is 62.4 cm³/mol. The summed E-state index contributed by atoms with van der Waals surface area (Å²) in [5.41, 5.74) is -0.264. The van der Waals surface area contributed by atoms with E-state index in [1.807, 2.05) is 0 Å². The molecule has 1 aliphatic heterocycles. The summed E-state index contributed by atoms with van der Waals surface area (Å²) in [6.07, 6.45) is 7.35. The van der Waals surface area contributed by atoms with E-state index in [0.717, 1.165) is 38.9 Å². The third kappa shape index (κ3) is 2.41. The molecule has 2 aliphatic rings. The van der Waals surface area contributed by atoms with Crippen LogP contribution in [0.2, 0.25) is 0 Å². The molecular weight excluding hydrogens is 204 g/mol. The normalized spacial score (nSPS) is 28.9. The van der Waals surface area contributed by atoms with Gasteiger partial charge in [0.2, 0.25) is 0 Å². The van der Waals surface area contributed by atoms with Crippen molar-refractivity contribution >= 4 is 0 Å². The Morgan fingerprint density at radius 1 is 1.19 bits per heavy atom. The van der Waals surface area contributed by atoms with Gasteiger partial charge < -0.3 is 14.6 Å². The van der Waals surface area contributed by atoms with Gasteiger partial charge in [-0.05, 0) is 31.6 Å². The van der Waals surface area contributed by atoms with Crippen molar-refractivity contribution in [3.05, 3.63) is 0 Å². The first-order valence-electron chi connectivity index (χ1n) is 6.59. The van der Waals surface area contributed by atoms with Gasteiger partial charge in [-0.25, -0.2) is 0 Å². The van der Waals surface area contributed by atoms with Gasteiger partial charge in [-0.1, -0.05) is 19.3 Å². The molecule has 16 heavy (non-hydrogen) atoms. The maximum Gasteiger partial charge on any atom is 0.0939 e. The highest BCUT2D eigenvalue weighted by Gasteiger charge is 2.43. The Morgan fingerprint density at radius 2 is 1.81 bits per heavy atom. The predicted octanol–water partition coefficient (Wildman–Crippen LogP) is 2.12. The Kier molecular flexibility index (Phi) is 4.22. The van der Waals surface area contributed by atoms with Crippen LogP contribution in [0.5, 0.6) is 0 Å². The molecule has 0 radical (unpaired) electrons. The van der Waals surface area contributed by atoms with Crippen molar-refractivity contribution in [2.45, 2.75) is 56.7 Å². The van der Waals surface area contributed by atoms with Gasteiger partial charge in [0, 0.05) is 20.3 Å². The number of aliphatic hydroxyl groups is 1. The standard InChI is InChI=1S/C13H24O3/c1-15-13(7-3-2-4-8-13)12(14)11-5-9-16-10-6-11/h11-12,14H,2-10H2,1H3. The van der Waals surface area contributed by atoms with Gasteiger partial charge in [-0.3, -0.25) is 0 Å². The topological polar surface area (TPSA) is 38.7 Å². The molecule has 1 aliphatic carbocycles. The van der Waals surface area contributed by atoms with Gasteiger partial charge in [0.1, 0.15) is 0 Å². The van der Waals surface area contributed by atoms with Crippen molar-refractivity contribution < 1.29 is 14.6 Å². The molecule has 1 saturated heterocycles. The summed E-state index contributed by atoms with van der Waals surface area (Å²) in [6, 6.07) is 0. The lowest BCUT2D eigenvalue weighted by molar-refractivity contribution is -0.153. The third-order valence-corrected chi connectivity index (χ3v) is 4.36. The minimum absolute atomic E-state index is 0.264. The molecule has 1 atom stereocenters. The average Bonchev–Trinajstić information content (AvgIpc) is 2.39. The van der Waals surface area contributed by atoms with E-state index >= 15 is 0 Å². The van der Waals surface area contributed by atoms with Gasteiger partial charge in [-0.15, -0.1) is 0 Å². The van der Waals surface area contributed by atoms with Crippen LogP contribution in [0.3, 0.4) is 0 Å². The Balaban J connectivity index is 2.00. The van der Waals surface area contributed by atoms with E-state index in [1.165, 1.54) is 19.3 Å². The van der Waals surface area contributed by atoms with Crippen molar-refractivity contribution in [1.29, 1.82) is 0 Å². The first-order valence-corrected chi connectivity index (χ1v) is 6.59. The van der Waals surface area contributed by atoms with Gasteiger partial charge in [0.05, 0.1) is 11.7 Å². The average molecular weight is 228 g/mol. The van der Waals surface area contributed by atoms with Crippen LogP contribution in [0.15, 0.2) is 0 Å². The summed E-state index contributed by atoms with van der Waals surface area (Å²) in [6.45, 7) is 1.59. The van der Waals surface area contributed by atoms with E-state index < -0.39 is 0 Å². The second kappa shape index (κ2) is 5.48. The van der Waals surface area contributed by atoms with Crippen LogP contribution >= 0.6 is 0 Å². The molecule has 1 unspecified atom stereocenters. The molecule has 0 aromatic carbocycles. The molecule has 0 bridgehead atoms. The molecule has 0 aromatic heterocycles. The highest BCUT2D eigenvalue weighted by atomic mass is 16.5. The first kappa shape index (κ1) is 12.3. The van der Waals surface area contributed by atoms with Gasteiger partial charge in [-0.2, -0.15) is 0 Å². The maximum absolute atomic E-state index is 10.6. The zero-order chi connectivity index (χ0) is 11.4. The lowest BCUT2D eigenvalue weighted by atomic mass is 9.74. The fourth-order valence-corrected chi connectivity index (χ4v) is 3.23. The summed E-state index contributed by atoms with van der Waals surface area (Å²) in [5, 5.41) is 10.6. The lowest BCUT2D eigenvalue weighted by Crippen LogP contribution is -2.50. The van der Waals surface area contributed by atoms with E-state index in [-0.39, 0.29) is 11.7 Å². The maximum atomic E-state index is 10.6. The summed E-state index contributed by atoms with van der Waals surface area (Å²) < 4.78 is 11.1. The number of hydrogen-bond donors (Lipinski definition) is 1. The zero-order valence-electron chi connectivity index (χ0n) is 10.3. The Morgan fingerprint density at radius 3 is 2.38 bits per heavy atom. The SMILES string of the molecule is COC1(C(O)C2CCOCC2)CCCCC1. The minimum atomic E-state index is -0.304. The van der Waals surface area contributed by atoms with Crippen molar-refractivity contribution in [2.75, 3.05) is 20.3 Å². The number of rotatable bonds is 3. The monoisotopic (exact) mass is 228 g/mol. The summed E-state index contributed by atoms with van der Waals surface area (Å²) in [7, 11) is 1.76. The number of ether oxygens (including phenoxy) is 2. The summed E-state index contributed by atoms with van der Waals surface area (Å²) in [4.78, 5) is 0. The van der Waals surface area contributed by atoms with Crippen molar-refractivity contribution in [3.8, 4) is 0 Å². The van der Waals surface area contributed by atoms with E-state index in [1.54, 1.807) is 7.11 Å². The molecule has 1 N–H and O–H groups in total. The molecule has 0 amide bonds. The summed E-state index contributed by atoms with van der Waals surface area (Å²) in [5.74, 6) is 0.367. The quantitative estimate of drug-likeness (QED) is 0.804. The number of methoxy groups -OCH3 is 1. The van der Waals surface area contributed by atoms with Gasteiger partial charge in [0.15, 0.2) is 0 Å². The van der Waals surface area contributed by atoms with E-state index in [0.29, 0.717) is 5.92 Å². The van der Waals surface area contributed by atoms with Crippen LogP contribution < -0.4 is 0 Å². The van der Waals surface area contributed by atoms with Crippen molar-refractivity contribution in [2.24, 2.45) is 5.92 Å². The molecule has 1 saturated carbocycles. The van der Waals surface area contributed by atoms with E-state index in [9.17, 15) is 5.11 Å². The van der Waals surface area contributed by atoms with Crippen LogP contribution in [-0.2, 0) is 9.47 Å². The fourth-order valence-electron chi connectivity index (χ4n) is 3.23. The first-order chi connectivity index (χ1) is 7.78. The van der Waals surface area contributed by atoms with Crippen LogP contribution in [-0.4, -0.2) is 37.1 Å². The van der Waals surface area contributed by atoms with Crippen LogP contribution in [0.25, 0.3) is 0 Å². The van der Waals surface area contributed by atoms with Gasteiger partial charge >= 0.3 is 0 Å². The van der Waals surface area contributed by atoms with Crippen molar-refractivity contribution in [1.82, 2.24) is 0 Å². The highest BCUT2D eigenvalue weighted by Crippen LogP contribution is 2.38. The second-order valence-electron chi connectivity index (χ2n) is 5.22. The molecule has 2 fully saturated rings. The van der Waals surface area contributed by atoms with E-state index in [2.05, 4.69) is 0 Å². The number of hydrogen-bond acceptors (Lipinski definition) is 3. The fraction of sp³-hybridized carbons (Fsp3) is 1.00. The minimum Gasteiger partial charge on any atom is -0.390 e. The largest absolute Gasteiger partial charge is 0.390 e. The smallest absolute Gasteiger partial charge is 0.0939 e. The molecule has 94 valence electrons. The molecule has 3 heteroatoms. The van der Waals surface area contributed by atoms with Crippen LogP contribution in [0, 0.1) is 5.92 Å². The molecule has 3 nitrogen and oxygen atoms in total. The Hall–Kier alpha value is -0.120. The highest BCUT2D eigenvalue weighted by molar-refractivity contribution is 4.94. The Bertz CT molecular complexity index is 205. The van der Waals surface area contributed by atoms with Gasteiger partial charge in [0.25, 0.3) is 0 Å². The molecule has 0 spiro atoms. The summed E-state index contributed by atoms with van der Waals surface area (Å²) >= 11 is 0. The molecular formula is C13H24O3. The van der Waals surface area contributed by atoms with Crippen molar-refractivity contribution in [3.63, 3.8) is 0 Å². The molecule has 1 heterocycles. The van der Waals surface area contributed by atoms with E-state index in [4.69, 9.17) is 9.47 Å². The zero-order valence-corrected chi connectivity index (χ0v) is 10.3. The molecule has 0 aromatic rings. The number of aliphatic hydroxyl groups excluding tert-OH is 1. The second-order valence-corrected chi connectivity index (χ2v) is 5.22.